The molecule has 0 saturated heterocycles. The first-order valence-corrected chi connectivity index (χ1v) is 6.92. The monoisotopic (exact) mass is 318 g/mol. The fourth-order valence-corrected chi connectivity index (χ4v) is 2.05. The molecule has 5 heteroatoms. The third-order valence-corrected chi connectivity index (χ3v) is 3.62. The van der Waals surface area contributed by atoms with Crippen molar-refractivity contribution in [2.75, 3.05) is 0 Å². The number of hydrogen-bond donors (Lipinski definition) is 2. The molecule has 0 saturated carbocycles. The molecule has 0 fully saturated rings. The van der Waals surface area contributed by atoms with Crippen molar-refractivity contribution in [3.8, 4) is 0 Å². The van der Waals surface area contributed by atoms with Crippen molar-refractivity contribution in [1.82, 2.24) is 5.32 Å². The molecule has 2 unspecified atom stereocenters. The van der Waals surface area contributed by atoms with Crippen molar-refractivity contribution < 1.29 is 4.79 Å². The minimum Gasteiger partial charge on any atom is -0.351 e. The Morgan fingerprint density at radius 3 is 2.40 bits per heavy atom. The van der Waals surface area contributed by atoms with Crippen LogP contribution >= 0.6 is 24.0 Å². The fourth-order valence-electron chi connectivity index (χ4n) is 1.85. The summed E-state index contributed by atoms with van der Waals surface area (Å²) in [6.45, 7) is 7.65. The third kappa shape index (κ3) is 5.70. The summed E-state index contributed by atoms with van der Waals surface area (Å²) in [5.74, 6) is -0.224. The second-order valence-electron chi connectivity index (χ2n) is 5.79. The van der Waals surface area contributed by atoms with Crippen LogP contribution in [-0.2, 0) is 11.2 Å². The lowest BCUT2D eigenvalue weighted by Gasteiger charge is -2.29. The molecule has 1 rings (SSSR count). The quantitative estimate of drug-likeness (QED) is 0.876. The maximum atomic E-state index is 12.1. The molecule has 1 amide bonds. The topological polar surface area (TPSA) is 55.1 Å². The molecule has 0 aliphatic rings. The Labute approximate surface area is 132 Å². The lowest BCUT2D eigenvalue weighted by molar-refractivity contribution is -0.126. The fraction of sp³-hybridized carbons (Fsp3) is 0.533. The Kier molecular flexibility index (Phi) is 7.56. The zero-order valence-electron chi connectivity index (χ0n) is 12.4. The van der Waals surface area contributed by atoms with Crippen LogP contribution in [0.5, 0.6) is 0 Å². The van der Waals surface area contributed by atoms with Gasteiger partial charge in [-0.25, -0.2) is 0 Å². The van der Waals surface area contributed by atoms with Crippen molar-refractivity contribution in [1.29, 1.82) is 0 Å². The number of hydrogen-bond acceptors (Lipinski definition) is 2. The van der Waals surface area contributed by atoms with E-state index < -0.39 is 0 Å². The predicted octanol–water partition coefficient (Wildman–Crippen LogP) is 3.18. The molecule has 1 aromatic rings. The summed E-state index contributed by atoms with van der Waals surface area (Å²) in [4.78, 5) is 12.1. The number of amides is 1. The lowest BCUT2D eigenvalue weighted by Crippen LogP contribution is -2.49. The summed E-state index contributed by atoms with van der Waals surface area (Å²) in [6, 6.07) is 7.53. The predicted molar refractivity (Wildman–Crippen MR) is 87.4 cm³/mol. The van der Waals surface area contributed by atoms with Crippen LogP contribution in [0.15, 0.2) is 24.3 Å². The Balaban J connectivity index is 0.00000361. The van der Waals surface area contributed by atoms with E-state index >= 15 is 0 Å². The molecule has 1 aromatic carbocycles. The van der Waals surface area contributed by atoms with Gasteiger partial charge < -0.3 is 11.1 Å². The highest BCUT2D eigenvalue weighted by Crippen LogP contribution is 2.21. The molecule has 0 radical (unpaired) electrons. The third-order valence-electron chi connectivity index (χ3n) is 3.25. The van der Waals surface area contributed by atoms with Crippen molar-refractivity contribution in [2.45, 2.75) is 45.7 Å². The van der Waals surface area contributed by atoms with Crippen molar-refractivity contribution in [3.63, 3.8) is 0 Å². The van der Waals surface area contributed by atoms with E-state index in [1.807, 2.05) is 52.0 Å². The average molecular weight is 319 g/mol. The Bertz CT molecular complexity index is 447. The molecule has 3 N–H and O–H groups in total. The number of nitrogens with one attached hydrogen (secondary N) is 1. The SMILES string of the molecule is CC(N)C(C)C(=O)NC(C)(C)Cc1ccccc1Cl.Cl. The Morgan fingerprint density at radius 2 is 1.90 bits per heavy atom. The van der Waals surface area contributed by atoms with E-state index in [9.17, 15) is 4.79 Å². The summed E-state index contributed by atoms with van der Waals surface area (Å²) in [5, 5.41) is 3.76. The zero-order chi connectivity index (χ0) is 14.6. The highest BCUT2D eigenvalue weighted by Gasteiger charge is 2.26. The van der Waals surface area contributed by atoms with Crippen molar-refractivity contribution in [3.05, 3.63) is 34.9 Å². The van der Waals surface area contributed by atoms with Gasteiger partial charge in [0.05, 0.1) is 0 Å². The van der Waals surface area contributed by atoms with E-state index in [2.05, 4.69) is 5.32 Å². The summed E-state index contributed by atoms with van der Waals surface area (Å²) >= 11 is 6.15. The van der Waals surface area contributed by atoms with E-state index in [0.29, 0.717) is 6.42 Å². The van der Waals surface area contributed by atoms with Gasteiger partial charge in [0.15, 0.2) is 0 Å². The van der Waals surface area contributed by atoms with E-state index in [4.69, 9.17) is 17.3 Å². The van der Waals surface area contributed by atoms with Gasteiger partial charge >= 0.3 is 0 Å². The molecular weight excluding hydrogens is 295 g/mol. The van der Waals surface area contributed by atoms with E-state index in [1.165, 1.54) is 0 Å². The largest absolute Gasteiger partial charge is 0.351 e. The van der Waals surface area contributed by atoms with Crippen molar-refractivity contribution in [2.24, 2.45) is 11.7 Å². The molecule has 0 aliphatic heterocycles. The van der Waals surface area contributed by atoms with Crippen molar-refractivity contribution >= 4 is 29.9 Å². The second kappa shape index (κ2) is 7.87. The van der Waals surface area contributed by atoms with Crippen LogP contribution in [0.4, 0.5) is 0 Å². The first-order chi connectivity index (χ1) is 8.73. The molecule has 3 nitrogen and oxygen atoms in total. The van der Waals surface area contributed by atoms with Gasteiger partial charge in [-0.1, -0.05) is 36.7 Å². The molecule has 0 bridgehead atoms. The first kappa shape index (κ1) is 19.2. The molecule has 0 heterocycles. The van der Waals surface area contributed by atoms with Gasteiger partial charge in [-0.3, -0.25) is 4.79 Å². The van der Waals surface area contributed by atoms with E-state index in [0.717, 1.165) is 10.6 Å². The van der Waals surface area contributed by atoms with Gasteiger partial charge in [-0.15, -0.1) is 12.4 Å². The van der Waals surface area contributed by atoms with Gasteiger partial charge in [0.2, 0.25) is 5.91 Å². The summed E-state index contributed by atoms with van der Waals surface area (Å²) in [5.41, 5.74) is 6.42. The van der Waals surface area contributed by atoms with Gasteiger partial charge in [0, 0.05) is 22.5 Å². The normalized spacial score (nSPS) is 14.1. The van der Waals surface area contributed by atoms with Gasteiger partial charge in [-0.05, 0) is 38.8 Å². The minimum atomic E-state index is -0.356. The number of benzene rings is 1. The summed E-state index contributed by atoms with van der Waals surface area (Å²) < 4.78 is 0. The van der Waals surface area contributed by atoms with Crippen LogP contribution in [0.1, 0.15) is 33.3 Å². The van der Waals surface area contributed by atoms with Crippen LogP contribution in [0.3, 0.4) is 0 Å². The molecular formula is C15H24Cl2N2O. The number of halogens is 2. The van der Waals surface area contributed by atoms with E-state index in [-0.39, 0.29) is 35.8 Å². The van der Waals surface area contributed by atoms with Crippen LogP contribution in [0.2, 0.25) is 5.02 Å². The molecule has 0 aliphatic carbocycles. The van der Waals surface area contributed by atoms with Gasteiger partial charge in [0.1, 0.15) is 0 Å². The number of nitrogens with two attached hydrogens (primary N) is 1. The molecule has 114 valence electrons. The molecule has 2 atom stereocenters. The average Bonchev–Trinajstić information content (AvgIpc) is 2.30. The smallest absolute Gasteiger partial charge is 0.224 e. The maximum Gasteiger partial charge on any atom is 0.224 e. The number of carbonyl (C=O) groups is 1. The van der Waals surface area contributed by atoms with Crippen LogP contribution in [0, 0.1) is 5.92 Å². The molecule has 20 heavy (non-hydrogen) atoms. The highest BCUT2D eigenvalue weighted by atomic mass is 35.5. The molecule has 0 spiro atoms. The van der Waals surface area contributed by atoms with Gasteiger partial charge in [-0.2, -0.15) is 0 Å². The minimum absolute atomic E-state index is 0. The second-order valence-corrected chi connectivity index (χ2v) is 6.20. The lowest BCUT2D eigenvalue weighted by atomic mass is 9.93. The van der Waals surface area contributed by atoms with Crippen LogP contribution < -0.4 is 11.1 Å². The Hall–Kier alpha value is -0.770. The number of carbonyl (C=O) groups excluding carboxylic acids is 1. The van der Waals surface area contributed by atoms with Crippen LogP contribution in [0.25, 0.3) is 0 Å². The number of rotatable bonds is 5. The highest BCUT2D eigenvalue weighted by molar-refractivity contribution is 6.31. The zero-order valence-corrected chi connectivity index (χ0v) is 14.0. The van der Waals surface area contributed by atoms with E-state index in [1.54, 1.807) is 0 Å². The standard InChI is InChI=1S/C15H23ClN2O.ClH/c1-10(11(2)17)14(19)18-15(3,4)9-12-7-5-6-8-13(12)16;/h5-8,10-11H,9,17H2,1-4H3,(H,18,19);1H. The van der Waals surface area contributed by atoms with Gasteiger partial charge in [0.25, 0.3) is 0 Å². The maximum absolute atomic E-state index is 12.1. The van der Waals surface area contributed by atoms with Crippen LogP contribution in [-0.4, -0.2) is 17.5 Å². The summed E-state index contributed by atoms with van der Waals surface area (Å²) in [6.07, 6.45) is 0.685. The Morgan fingerprint density at radius 1 is 1.35 bits per heavy atom. The molecule has 0 aromatic heterocycles. The first-order valence-electron chi connectivity index (χ1n) is 6.54. The summed E-state index contributed by atoms with van der Waals surface area (Å²) in [7, 11) is 0.